The lowest BCUT2D eigenvalue weighted by Gasteiger charge is -2.06. The van der Waals surface area contributed by atoms with E-state index in [9.17, 15) is 4.79 Å². The highest BCUT2D eigenvalue weighted by atomic mass is 16.5. The second-order valence-corrected chi connectivity index (χ2v) is 5.70. The number of amides is 1. The Kier molecular flexibility index (Phi) is 4.48. The van der Waals surface area contributed by atoms with Gasteiger partial charge in [0.2, 0.25) is 11.8 Å². The molecule has 0 aliphatic heterocycles. The van der Waals surface area contributed by atoms with Gasteiger partial charge in [0.15, 0.2) is 11.5 Å². The van der Waals surface area contributed by atoms with Gasteiger partial charge in [0.25, 0.3) is 5.91 Å². The number of nitrogens with zero attached hydrogens (tertiary/aromatic N) is 4. The zero-order valence-electron chi connectivity index (χ0n) is 14.4. The lowest BCUT2D eigenvalue weighted by Crippen LogP contribution is -2.23. The number of nitrogens with one attached hydrogen (secondary N) is 1. The molecule has 0 aliphatic rings. The second kappa shape index (κ2) is 7.24. The summed E-state index contributed by atoms with van der Waals surface area (Å²) in [5.41, 5.74) is 0.896. The predicted molar refractivity (Wildman–Crippen MR) is 92.8 cm³/mol. The van der Waals surface area contributed by atoms with Crippen molar-refractivity contribution in [2.75, 3.05) is 0 Å². The van der Waals surface area contributed by atoms with Gasteiger partial charge in [-0.1, -0.05) is 23.4 Å². The van der Waals surface area contributed by atoms with E-state index in [0.29, 0.717) is 23.3 Å². The van der Waals surface area contributed by atoms with E-state index in [0.717, 1.165) is 10.9 Å². The minimum absolute atomic E-state index is 0.111. The number of benzene rings is 1. The predicted octanol–water partition coefficient (Wildman–Crippen LogP) is 2.42. The highest BCUT2D eigenvalue weighted by Gasteiger charge is 2.14. The van der Waals surface area contributed by atoms with E-state index in [-0.39, 0.29) is 18.8 Å². The molecule has 4 rings (SSSR count). The van der Waals surface area contributed by atoms with E-state index in [1.807, 2.05) is 30.3 Å². The van der Waals surface area contributed by atoms with Crippen LogP contribution in [0.1, 0.15) is 28.0 Å². The van der Waals surface area contributed by atoms with Gasteiger partial charge >= 0.3 is 0 Å². The number of ether oxygens (including phenoxy) is 1. The van der Waals surface area contributed by atoms with Crippen LogP contribution in [0.15, 0.2) is 51.5 Å². The third-order valence-corrected chi connectivity index (χ3v) is 3.73. The van der Waals surface area contributed by atoms with Gasteiger partial charge in [-0.15, -0.1) is 10.2 Å². The summed E-state index contributed by atoms with van der Waals surface area (Å²) in [6.45, 7) is 1.91. The molecule has 4 aromatic rings. The minimum Gasteiger partial charge on any atom is -0.483 e. The Morgan fingerprint density at radius 2 is 2.11 bits per heavy atom. The van der Waals surface area contributed by atoms with E-state index >= 15 is 0 Å². The molecule has 27 heavy (non-hydrogen) atoms. The summed E-state index contributed by atoms with van der Waals surface area (Å²) in [6.07, 6.45) is 1.71. The van der Waals surface area contributed by atoms with E-state index < -0.39 is 5.91 Å². The Morgan fingerprint density at radius 1 is 1.22 bits per heavy atom. The van der Waals surface area contributed by atoms with Crippen molar-refractivity contribution < 1.29 is 18.5 Å². The third kappa shape index (κ3) is 3.76. The summed E-state index contributed by atoms with van der Waals surface area (Å²) >= 11 is 0. The molecule has 0 atom stereocenters. The molecule has 0 saturated heterocycles. The van der Waals surface area contributed by atoms with Gasteiger partial charge in [-0.25, -0.2) is 0 Å². The molecule has 0 bridgehead atoms. The zero-order chi connectivity index (χ0) is 18.6. The van der Waals surface area contributed by atoms with Crippen LogP contribution in [0.2, 0.25) is 0 Å². The standard InChI is InChI=1S/C18H15N5O4/c1-11-21-22-16(26-11)9-20-18(24)14-8-13(27-23-14)10-25-15-6-2-4-12-5-3-7-19-17(12)15/h2-8H,9-10H2,1H3,(H,20,24). The molecule has 0 radical (unpaired) electrons. The van der Waals surface area contributed by atoms with Crippen LogP contribution < -0.4 is 10.1 Å². The maximum absolute atomic E-state index is 12.1. The number of fused-ring (bicyclic) bond motifs is 1. The van der Waals surface area contributed by atoms with Gasteiger partial charge < -0.3 is 19.0 Å². The van der Waals surface area contributed by atoms with Crippen LogP contribution in [0, 0.1) is 6.92 Å². The summed E-state index contributed by atoms with van der Waals surface area (Å²) in [4.78, 5) is 16.4. The van der Waals surface area contributed by atoms with Crippen LogP contribution >= 0.6 is 0 Å². The van der Waals surface area contributed by atoms with Crippen molar-refractivity contribution >= 4 is 16.8 Å². The van der Waals surface area contributed by atoms with Gasteiger partial charge in [0.05, 0.1) is 6.54 Å². The summed E-state index contributed by atoms with van der Waals surface area (Å²) < 4.78 is 16.1. The SMILES string of the molecule is Cc1nnc(CNC(=O)c2cc(COc3cccc4cccnc34)on2)o1. The summed E-state index contributed by atoms with van der Waals surface area (Å²) in [5, 5.41) is 14.9. The Labute approximate surface area is 153 Å². The highest BCUT2D eigenvalue weighted by Crippen LogP contribution is 2.23. The fraction of sp³-hybridized carbons (Fsp3) is 0.167. The average Bonchev–Trinajstić information content (AvgIpc) is 3.33. The molecular formula is C18H15N5O4. The van der Waals surface area contributed by atoms with Crippen LogP contribution in [0.3, 0.4) is 0 Å². The maximum atomic E-state index is 12.1. The summed E-state index contributed by atoms with van der Waals surface area (Å²) in [5.74, 6) is 1.39. The van der Waals surface area contributed by atoms with Gasteiger partial charge in [-0.2, -0.15) is 0 Å². The maximum Gasteiger partial charge on any atom is 0.273 e. The molecule has 9 nitrogen and oxygen atoms in total. The third-order valence-electron chi connectivity index (χ3n) is 3.73. The first-order valence-electron chi connectivity index (χ1n) is 8.18. The van der Waals surface area contributed by atoms with Crippen LogP contribution in [0.5, 0.6) is 5.75 Å². The van der Waals surface area contributed by atoms with Crippen molar-refractivity contribution in [3.8, 4) is 5.75 Å². The molecule has 0 spiro atoms. The lowest BCUT2D eigenvalue weighted by molar-refractivity contribution is 0.0937. The molecule has 1 N–H and O–H groups in total. The van der Waals surface area contributed by atoms with Crippen LogP contribution in [0.25, 0.3) is 10.9 Å². The summed E-state index contributed by atoms with van der Waals surface area (Å²) in [6, 6.07) is 11.0. The van der Waals surface area contributed by atoms with Crippen molar-refractivity contribution in [3.63, 3.8) is 0 Å². The molecule has 1 aromatic carbocycles. The molecule has 3 heterocycles. The molecule has 0 aliphatic carbocycles. The molecule has 1 amide bonds. The Hall–Kier alpha value is -3.75. The smallest absolute Gasteiger partial charge is 0.273 e. The fourth-order valence-electron chi connectivity index (χ4n) is 2.48. The number of rotatable bonds is 6. The lowest BCUT2D eigenvalue weighted by atomic mass is 10.2. The Balaban J connectivity index is 1.38. The Morgan fingerprint density at radius 3 is 2.96 bits per heavy atom. The summed E-state index contributed by atoms with van der Waals surface area (Å²) in [7, 11) is 0. The first kappa shape index (κ1) is 16.7. The number of hydrogen-bond acceptors (Lipinski definition) is 8. The molecule has 3 aromatic heterocycles. The van der Waals surface area contributed by atoms with Gasteiger partial charge in [-0.05, 0) is 12.1 Å². The molecule has 0 saturated carbocycles. The number of aryl methyl sites for hydroxylation is 1. The van der Waals surface area contributed by atoms with Gasteiger partial charge in [0.1, 0.15) is 17.9 Å². The topological polar surface area (TPSA) is 116 Å². The first-order valence-corrected chi connectivity index (χ1v) is 8.18. The van der Waals surface area contributed by atoms with Crippen molar-refractivity contribution in [3.05, 3.63) is 65.8 Å². The normalized spacial score (nSPS) is 10.9. The average molecular weight is 365 g/mol. The fourth-order valence-corrected chi connectivity index (χ4v) is 2.48. The van der Waals surface area contributed by atoms with E-state index in [2.05, 4.69) is 25.7 Å². The number of aromatic nitrogens is 4. The Bertz CT molecular complexity index is 1080. The second-order valence-electron chi connectivity index (χ2n) is 5.70. The number of carbonyl (C=O) groups excluding carboxylic acids is 1. The quantitative estimate of drug-likeness (QED) is 0.554. The monoisotopic (exact) mass is 365 g/mol. The van der Waals surface area contributed by atoms with E-state index in [1.165, 1.54) is 6.07 Å². The van der Waals surface area contributed by atoms with Crippen LogP contribution in [0.4, 0.5) is 0 Å². The molecule has 0 fully saturated rings. The van der Waals surface area contributed by atoms with E-state index in [1.54, 1.807) is 13.1 Å². The zero-order valence-corrected chi connectivity index (χ0v) is 14.4. The number of para-hydroxylation sites is 1. The van der Waals surface area contributed by atoms with Crippen molar-refractivity contribution in [1.82, 2.24) is 25.7 Å². The number of pyridine rings is 1. The molecule has 0 unspecified atom stereocenters. The molecule has 9 heteroatoms. The van der Waals surface area contributed by atoms with Gasteiger partial charge in [0, 0.05) is 24.6 Å². The van der Waals surface area contributed by atoms with Gasteiger partial charge in [-0.3, -0.25) is 9.78 Å². The first-order chi connectivity index (χ1) is 13.2. The van der Waals surface area contributed by atoms with Crippen molar-refractivity contribution in [1.29, 1.82) is 0 Å². The van der Waals surface area contributed by atoms with E-state index in [4.69, 9.17) is 13.7 Å². The molecule has 136 valence electrons. The highest BCUT2D eigenvalue weighted by molar-refractivity contribution is 5.92. The molecular weight excluding hydrogens is 350 g/mol. The van der Waals surface area contributed by atoms with Crippen LogP contribution in [-0.4, -0.2) is 26.2 Å². The van der Waals surface area contributed by atoms with Crippen LogP contribution in [-0.2, 0) is 13.2 Å². The minimum atomic E-state index is -0.410. The number of carbonyl (C=O) groups is 1. The van der Waals surface area contributed by atoms with Crippen molar-refractivity contribution in [2.45, 2.75) is 20.1 Å². The number of hydrogen-bond donors (Lipinski definition) is 1. The van der Waals surface area contributed by atoms with Crippen molar-refractivity contribution in [2.24, 2.45) is 0 Å². The largest absolute Gasteiger partial charge is 0.483 e.